The topological polar surface area (TPSA) is 29.0 Å². The maximum atomic E-state index is 6.03. The third-order valence-corrected chi connectivity index (χ3v) is 3.67. The van der Waals surface area contributed by atoms with Gasteiger partial charge in [-0.2, -0.15) is 0 Å². The van der Waals surface area contributed by atoms with Gasteiger partial charge in [0.2, 0.25) is 0 Å². The highest BCUT2D eigenvalue weighted by atomic mass is 35.5. The average Bonchev–Trinajstić information content (AvgIpc) is 2.73. The number of aryl methyl sites for hydroxylation is 1. The molecule has 0 saturated heterocycles. The molecule has 0 aliphatic carbocycles. The monoisotopic (exact) mass is 267 g/mol. The first-order chi connectivity index (χ1) is 8.22. The number of halogens is 1. The second-order valence-corrected chi connectivity index (χ2v) is 5.15. The standard InChI is InChI=1S/C12H14ClN3S/c1-3-16(8-10-12(13)17-15-14-10)11-7-5-4-6-9(11)2/h4-7H,3,8H2,1-2H3. The van der Waals surface area contributed by atoms with Crippen molar-refractivity contribution in [3.8, 4) is 0 Å². The van der Waals surface area contributed by atoms with Crippen LogP contribution in [0.3, 0.4) is 0 Å². The van der Waals surface area contributed by atoms with Gasteiger partial charge in [-0.1, -0.05) is 34.3 Å². The van der Waals surface area contributed by atoms with E-state index < -0.39 is 0 Å². The van der Waals surface area contributed by atoms with Crippen molar-refractivity contribution < 1.29 is 0 Å². The van der Waals surface area contributed by atoms with Gasteiger partial charge in [-0.05, 0) is 25.5 Å². The first kappa shape index (κ1) is 12.3. The summed E-state index contributed by atoms with van der Waals surface area (Å²) in [5, 5.41) is 4.05. The fourth-order valence-corrected chi connectivity index (χ4v) is 2.37. The summed E-state index contributed by atoms with van der Waals surface area (Å²) < 4.78 is 4.54. The minimum absolute atomic E-state index is 0.678. The van der Waals surface area contributed by atoms with Crippen molar-refractivity contribution in [1.82, 2.24) is 9.59 Å². The smallest absolute Gasteiger partial charge is 0.139 e. The SMILES string of the molecule is CCN(Cc1nnsc1Cl)c1ccccc1C. The van der Waals surface area contributed by atoms with E-state index in [-0.39, 0.29) is 0 Å². The molecule has 90 valence electrons. The van der Waals surface area contributed by atoms with Crippen molar-refractivity contribution in [1.29, 1.82) is 0 Å². The van der Waals surface area contributed by atoms with Crippen LogP contribution in [0.2, 0.25) is 4.34 Å². The Hall–Kier alpha value is -1.13. The molecule has 2 rings (SSSR count). The second kappa shape index (κ2) is 5.47. The number of anilines is 1. The normalized spacial score (nSPS) is 10.5. The molecule has 0 radical (unpaired) electrons. The molecule has 0 saturated carbocycles. The Bertz CT molecular complexity index is 498. The Kier molecular flexibility index (Phi) is 3.97. The van der Waals surface area contributed by atoms with Gasteiger partial charge in [-0.15, -0.1) is 5.10 Å². The van der Waals surface area contributed by atoms with E-state index in [4.69, 9.17) is 11.6 Å². The van der Waals surface area contributed by atoms with Crippen molar-refractivity contribution in [2.75, 3.05) is 11.4 Å². The van der Waals surface area contributed by atoms with Gasteiger partial charge in [-0.3, -0.25) is 0 Å². The zero-order valence-corrected chi connectivity index (χ0v) is 11.4. The Balaban J connectivity index is 2.23. The lowest BCUT2D eigenvalue weighted by Crippen LogP contribution is -2.23. The molecule has 0 fully saturated rings. The molecular formula is C12H14ClN3S. The van der Waals surface area contributed by atoms with Crippen molar-refractivity contribution in [3.05, 3.63) is 39.9 Å². The predicted octanol–water partition coefficient (Wildman–Crippen LogP) is 3.53. The molecular weight excluding hydrogens is 254 g/mol. The maximum Gasteiger partial charge on any atom is 0.139 e. The summed E-state index contributed by atoms with van der Waals surface area (Å²) in [6.07, 6.45) is 0. The van der Waals surface area contributed by atoms with Crippen LogP contribution in [0.4, 0.5) is 5.69 Å². The Morgan fingerprint density at radius 2 is 2.12 bits per heavy atom. The Labute approximate surface area is 110 Å². The van der Waals surface area contributed by atoms with Gasteiger partial charge >= 0.3 is 0 Å². The molecule has 0 bridgehead atoms. The largest absolute Gasteiger partial charge is 0.366 e. The number of nitrogens with zero attached hydrogens (tertiary/aromatic N) is 3. The quantitative estimate of drug-likeness (QED) is 0.849. The predicted molar refractivity (Wildman–Crippen MR) is 72.8 cm³/mol. The van der Waals surface area contributed by atoms with E-state index in [0.29, 0.717) is 10.9 Å². The van der Waals surface area contributed by atoms with Crippen LogP contribution in [0.25, 0.3) is 0 Å². The number of aromatic nitrogens is 2. The maximum absolute atomic E-state index is 6.03. The van der Waals surface area contributed by atoms with Crippen molar-refractivity contribution >= 4 is 28.8 Å². The molecule has 1 heterocycles. The number of para-hydroxylation sites is 1. The second-order valence-electron chi connectivity index (χ2n) is 3.79. The summed E-state index contributed by atoms with van der Waals surface area (Å²) in [7, 11) is 0. The summed E-state index contributed by atoms with van der Waals surface area (Å²) in [5.41, 5.74) is 3.33. The lowest BCUT2D eigenvalue weighted by atomic mass is 10.2. The van der Waals surface area contributed by atoms with Gasteiger partial charge in [0.25, 0.3) is 0 Å². The molecule has 3 nitrogen and oxygen atoms in total. The summed E-state index contributed by atoms with van der Waals surface area (Å²) in [6.45, 7) is 5.86. The molecule has 5 heteroatoms. The number of hydrogen-bond acceptors (Lipinski definition) is 4. The highest BCUT2D eigenvalue weighted by Crippen LogP contribution is 2.24. The minimum Gasteiger partial charge on any atom is -0.366 e. The lowest BCUT2D eigenvalue weighted by Gasteiger charge is -2.23. The third kappa shape index (κ3) is 2.76. The third-order valence-electron chi connectivity index (χ3n) is 2.69. The Morgan fingerprint density at radius 3 is 2.71 bits per heavy atom. The summed E-state index contributed by atoms with van der Waals surface area (Å²) in [6, 6.07) is 8.32. The summed E-state index contributed by atoms with van der Waals surface area (Å²) >= 11 is 7.27. The van der Waals surface area contributed by atoms with Crippen LogP contribution in [0.5, 0.6) is 0 Å². The van der Waals surface area contributed by atoms with E-state index in [9.17, 15) is 0 Å². The molecule has 0 aliphatic rings. The molecule has 2 aromatic rings. The molecule has 0 N–H and O–H groups in total. The highest BCUT2D eigenvalue weighted by Gasteiger charge is 2.12. The first-order valence-corrected chi connectivity index (χ1v) is 6.64. The van der Waals surface area contributed by atoms with Crippen molar-refractivity contribution in [3.63, 3.8) is 0 Å². The van der Waals surface area contributed by atoms with Crippen LogP contribution in [-0.2, 0) is 6.54 Å². The van der Waals surface area contributed by atoms with Crippen LogP contribution in [0, 0.1) is 6.92 Å². The van der Waals surface area contributed by atoms with Gasteiger partial charge in [0.15, 0.2) is 0 Å². The van der Waals surface area contributed by atoms with Crippen molar-refractivity contribution in [2.24, 2.45) is 0 Å². The highest BCUT2D eigenvalue weighted by molar-refractivity contribution is 7.10. The van der Waals surface area contributed by atoms with E-state index in [1.165, 1.54) is 22.8 Å². The molecule has 0 aliphatic heterocycles. The lowest BCUT2D eigenvalue weighted by molar-refractivity contribution is 0.801. The number of benzene rings is 1. The van der Waals surface area contributed by atoms with Gasteiger partial charge in [0, 0.05) is 23.8 Å². The molecule has 1 aromatic heterocycles. The van der Waals surface area contributed by atoms with E-state index in [0.717, 1.165) is 12.2 Å². The van der Waals surface area contributed by atoms with Gasteiger partial charge < -0.3 is 4.90 Å². The van der Waals surface area contributed by atoms with Crippen LogP contribution < -0.4 is 4.90 Å². The number of hydrogen-bond donors (Lipinski definition) is 0. The number of rotatable bonds is 4. The van der Waals surface area contributed by atoms with E-state index in [1.807, 2.05) is 12.1 Å². The molecule has 17 heavy (non-hydrogen) atoms. The van der Waals surface area contributed by atoms with Gasteiger partial charge in [0.05, 0.1) is 6.54 Å². The zero-order valence-electron chi connectivity index (χ0n) is 9.85. The van der Waals surface area contributed by atoms with Gasteiger partial charge in [-0.25, -0.2) is 0 Å². The van der Waals surface area contributed by atoms with E-state index in [2.05, 4.69) is 40.5 Å². The van der Waals surface area contributed by atoms with E-state index >= 15 is 0 Å². The van der Waals surface area contributed by atoms with Crippen LogP contribution in [-0.4, -0.2) is 16.1 Å². The molecule has 0 amide bonds. The zero-order chi connectivity index (χ0) is 12.3. The van der Waals surface area contributed by atoms with E-state index in [1.54, 1.807) is 0 Å². The summed E-state index contributed by atoms with van der Waals surface area (Å²) in [5.74, 6) is 0. The first-order valence-electron chi connectivity index (χ1n) is 5.49. The molecule has 1 aromatic carbocycles. The van der Waals surface area contributed by atoms with Gasteiger partial charge in [0.1, 0.15) is 10.0 Å². The molecule has 0 atom stereocenters. The fraction of sp³-hybridized carbons (Fsp3) is 0.333. The molecule has 0 spiro atoms. The Morgan fingerprint density at radius 1 is 1.35 bits per heavy atom. The average molecular weight is 268 g/mol. The molecule has 0 unspecified atom stereocenters. The van der Waals surface area contributed by atoms with Crippen LogP contribution in [0.15, 0.2) is 24.3 Å². The fourth-order valence-electron chi connectivity index (χ4n) is 1.76. The minimum atomic E-state index is 0.678. The van der Waals surface area contributed by atoms with Crippen LogP contribution in [0.1, 0.15) is 18.2 Å². The van der Waals surface area contributed by atoms with Crippen molar-refractivity contribution in [2.45, 2.75) is 20.4 Å². The summed E-state index contributed by atoms with van der Waals surface area (Å²) in [4.78, 5) is 2.25. The van der Waals surface area contributed by atoms with Crippen LogP contribution >= 0.6 is 23.1 Å².